The average Bonchev–Trinajstić information content (AvgIpc) is 3.05. The van der Waals surface area contributed by atoms with Crippen LogP contribution in [0.2, 0.25) is 0 Å². The summed E-state index contributed by atoms with van der Waals surface area (Å²) in [7, 11) is 3.38. The molecule has 0 aromatic heterocycles. The second-order valence-corrected chi connectivity index (χ2v) is 11.3. The van der Waals surface area contributed by atoms with Gasteiger partial charge in [0.15, 0.2) is 6.29 Å². The van der Waals surface area contributed by atoms with Crippen molar-refractivity contribution in [2.45, 2.75) is 45.0 Å². The van der Waals surface area contributed by atoms with E-state index in [9.17, 15) is 0 Å². The Bertz CT molecular complexity index is 1440. The molecular weight excluding hydrogens is 529 g/mol. The molecule has 0 spiro atoms. The zero-order valence-corrected chi connectivity index (χ0v) is 24.6. The average molecular weight is 570 g/mol. The van der Waals surface area contributed by atoms with Crippen molar-refractivity contribution < 1.29 is 23.3 Å². The first-order valence-electron chi connectivity index (χ1n) is 15.1. The largest absolute Gasteiger partial charge is 0.489 e. The highest BCUT2D eigenvalue weighted by Gasteiger charge is 2.29. The van der Waals surface area contributed by atoms with Gasteiger partial charge >= 0.3 is 0 Å². The molecular formula is C36H40FNO4. The maximum Gasteiger partial charge on any atom is 0.159 e. The number of methoxy groups -OCH3 is 2. The Labute approximate surface area is 248 Å². The highest BCUT2D eigenvalue weighted by atomic mass is 19.1. The molecule has 3 aromatic carbocycles. The van der Waals surface area contributed by atoms with Crippen LogP contribution in [0.4, 0.5) is 10.1 Å². The molecule has 0 N–H and O–H groups in total. The third-order valence-corrected chi connectivity index (χ3v) is 8.87. The topological polar surface area (TPSA) is 40.2 Å². The molecule has 0 saturated carbocycles. The summed E-state index contributed by atoms with van der Waals surface area (Å²) >= 11 is 0. The normalized spacial score (nSPS) is 17.8. The fraction of sp³-hybridized carbons (Fsp3) is 0.389. The first kappa shape index (κ1) is 28.7. The Morgan fingerprint density at radius 3 is 2.40 bits per heavy atom. The van der Waals surface area contributed by atoms with Crippen LogP contribution < -0.4 is 9.64 Å². The van der Waals surface area contributed by atoms with E-state index in [0.29, 0.717) is 31.3 Å². The number of fused-ring (bicyclic) bond motifs is 1. The zero-order chi connectivity index (χ0) is 28.9. The molecule has 5 nitrogen and oxygen atoms in total. The predicted octanol–water partition coefficient (Wildman–Crippen LogP) is 7.33. The van der Waals surface area contributed by atoms with E-state index in [0.717, 1.165) is 73.3 Å². The van der Waals surface area contributed by atoms with Crippen LogP contribution in [-0.2, 0) is 27.2 Å². The van der Waals surface area contributed by atoms with E-state index >= 15 is 4.39 Å². The summed E-state index contributed by atoms with van der Waals surface area (Å²) in [6.45, 7) is 3.53. The molecule has 0 bridgehead atoms. The van der Waals surface area contributed by atoms with Gasteiger partial charge in [-0.1, -0.05) is 42.5 Å². The van der Waals surface area contributed by atoms with E-state index < -0.39 is 0 Å². The third-order valence-electron chi connectivity index (χ3n) is 8.87. The SMILES string of the molecule is COC(OC)C1CCN(c2ccc(C3=C(C4=CCOCC4)CCc4cc(OCc5ccccc5)ccc43)c(F)c2)CC1. The fourth-order valence-corrected chi connectivity index (χ4v) is 6.64. The van der Waals surface area contributed by atoms with Crippen LogP contribution in [0, 0.1) is 11.7 Å². The Balaban J connectivity index is 1.29. The number of allylic oxidation sites excluding steroid dienone is 1. The van der Waals surface area contributed by atoms with Gasteiger partial charge in [-0.15, -0.1) is 0 Å². The lowest BCUT2D eigenvalue weighted by atomic mass is 9.78. The van der Waals surface area contributed by atoms with Gasteiger partial charge in [0, 0.05) is 44.5 Å². The summed E-state index contributed by atoms with van der Waals surface area (Å²) in [5.74, 6) is 1.01. The molecule has 0 unspecified atom stereocenters. The van der Waals surface area contributed by atoms with Gasteiger partial charge in [-0.3, -0.25) is 0 Å². The minimum absolute atomic E-state index is 0.182. The van der Waals surface area contributed by atoms with Gasteiger partial charge in [0.2, 0.25) is 0 Å². The van der Waals surface area contributed by atoms with E-state index in [4.69, 9.17) is 18.9 Å². The van der Waals surface area contributed by atoms with Crippen LogP contribution >= 0.6 is 0 Å². The van der Waals surface area contributed by atoms with Crippen molar-refractivity contribution in [1.82, 2.24) is 0 Å². The number of anilines is 1. The minimum atomic E-state index is -0.188. The van der Waals surface area contributed by atoms with Crippen molar-refractivity contribution in [3.05, 3.63) is 112 Å². The number of piperidine rings is 1. The van der Waals surface area contributed by atoms with Gasteiger partial charge in [0.1, 0.15) is 18.2 Å². The first-order valence-corrected chi connectivity index (χ1v) is 15.1. The van der Waals surface area contributed by atoms with Crippen molar-refractivity contribution in [1.29, 1.82) is 0 Å². The Morgan fingerprint density at radius 1 is 0.905 bits per heavy atom. The molecule has 1 aliphatic carbocycles. The summed E-state index contributed by atoms with van der Waals surface area (Å²) in [6, 6.07) is 22.2. The predicted molar refractivity (Wildman–Crippen MR) is 164 cm³/mol. The van der Waals surface area contributed by atoms with Gasteiger partial charge in [-0.2, -0.15) is 0 Å². The Hall–Kier alpha value is -3.45. The van der Waals surface area contributed by atoms with Crippen LogP contribution in [0.5, 0.6) is 5.75 Å². The standard InChI is InChI=1S/C36H40FNO4/c1-39-36(40-2)27-14-18-38(19-15-27)29-9-12-33(34(37)23-29)35-31(26-16-20-41-21-17-26)11-8-28-22-30(10-13-32(28)35)42-24-25-6-4-3-5-7-25/h3-7,9-10,12-13,16,22-23,27,36H,8,11,14-15,17-21,24H2,1-2H3. The molecule has 0 amide bonds. The monoisotopic (exact) mass is 569 g/mol. The summed E-state index contributed by atoms with van der Waals surface area (Å²) < 4.78 is 38.9. The number of nitrogens with zero attached hydrogens (tertiary/aromatic N) is 1. The molecule has 3 aromatic rings. The molecule has 6 heteroatoms. The van der Waals surface area contributed by atoms with E-state index in [1.54, 1.807) is 20.3 Å². The third kappa shape index (κ3) is 6.17. The highest BCUT2D eigenvalue weighted by molar-refractivity contribution is 5.88. The van der Waals surface area contributed by atoms with Crippen molar-refractivity contribution in [2.75, 3.05) is 45.4 Å². The zero-order valence-electron chi connectivity index (χ0n) is 24.6. The second-order valence-electron chi connectivity index (χ2n) is 11.3. The second kappa shape index (κ2) is 13.2. The first-order chi connectivity index (χ1) is 20.6. The number of ether oxygens (including phenoxy) is 4. The van der Waals surface area contributed by atoms with E-state index in [1.165, 1.54) is 16.7 Å². The number of benzene rings is 3. The molecule has 0 radical (unpaired) electrons. The maximum absolute atomic E-state index is 16.2. The van der Waals surface area contributed by atoms with Gasteiger partial charge in [-0.25, -0.2) is 4.39 Å². The van der Waals surface area contributed by atoms with Crippen molar-refractivity contribution >= 4 is 11.3 Å². The lowest BCUT2D eigenvalue weighted by molar-refractivity contribution is -0.141. The summed E-state index contributed by atoms with van der Waals surface area (Å²) in [5, 5.41) is 0. The number of hydrogen-bond acceptors (Lipinski definition) is 5. The van der Waals surface area contributed by atoms with Crippen LogP contribution in [0.3, 0.4) is 0 Å². The lowest BCUT2D eigenvalue weighted by Gasteiger charge is -2.36. The van der Waals surface area contributed by atoms with E-state index in [2.05, 4.69) is 41.3 Å². The molecule has 2 aliphatic heterocycles. The fourth-order valence-electron chi connectivity index (χ4n) is 6.64. The van der Waals surface area contributed by atoms with Gasteiger partial charge in [-0.05, 0) is 95.8 Å². The number of rotatable bonds is 9. The summed E-state index contributed by atoms with van der Waals surface area (Å²) in [5.41, 5.74) is 8.53. The molecule has 6 rings (SSSR count). The summed E-state index contributed by atoms with van der Waals surface area (Å²) in [6.07, 6.45) is 6.49. The van der Waals surface area contributed by atoms with Gasteiger partial charge < -0.3 is 23.8 Å². The van der Waals surface area contributed by atoms with Crippen LogP contribution in [0.25, 0.3) is 5.57 Å². The van der Waals surface area contributed by atoms with Gasteiger partial charge in [0.25, 0.3) is 0 Å². The van der Waals surface area contributed by atoms with Crippen molar-refractivity contribution in [3.8, 4) is 5.75 Å². The summed E-state index contributed by atoms with van der Waals surface area (Å²) in [4.78, 5) is 2.27. The molecule has 2 heterocycles. The van der Waals surface area contributed by atoms with Crippen molar-refractivity contribution in [3.63, 3.8) is 0 Å². The van der Waals surface area contributed by atoms with Gasteiger partial charge in [0.05, 0.1) is 13.2 Å². The molecule has 3 aliphatic rings. The van der Waals surface area contributed by atoms with E-state index in [-0.39, 0.29) is 12.1 Å². The maximum atomic E-state index is 16.2. The number of hydrogen-bond donors (Lipinski definition) is 0. The molecule has 220 valence electrons. The number of halogens is 1. The Kier molecular flexibility index (Phi) is 9.04. The van der Waals surface area contributed by atoms with Crippen LogP contribution in [0.15, 0.2) is 84.0 Å². The van der Waals surface area contributed by atoms with Crippen LogP contribution in [0.1, 0.15) is 47.9 Å². The highest BCUT2D eigenvalue weighted by Crippen LogP contribution is 2.43. The molecule has 1 saturated heterocycles. The minimum Gasteiger partial charge on any atom is -0.489 e. The van der Waals surface area contributed by atoms with Crippen LogP contribution in [-0.4, -0.2) is 46.8 Å². The quantitative estimate of drug-likeness (QED) is 0.252. The van der Waals surface area contributed by atoms with Crippen molar-refractivity contribution in [2.24, 2.45) is 5.92 Å². The molecule has 0 atom stereocenters. The molecule has 1 fully saturated rings. The smallest absolute Gasteiger partial charge is 0.159 e. The lowest BCUT2D eigenvalue weighted by Crippen LogP contribution is -2.39. The van der Waals surface area contributed by atoms with E-state index in [1.807, 2.05) is 30.3 Å². The Morgan fingerprint density at radius 2 is 1.69 bits per heavy atom. The number of aryl methyl sites for hydroxylation is 1. The molecule has 42 heavy (non-hydrogen) atoms.